The summed E-state index contributed by atoms with van der Waals surface area (Å²) in [6, 6.07) is 16.2. The average Bonchev–Trinajstić information content (AvgIpc) is 2.48. The highest BCUT2D eigenvalue weighted by atomic mass is 16.5. The Balaban J connectivity index is 1.71. The van der Waals surface area contributed by atoms with Gasteiger partial charge < -0.3 is 14.6 Å². The molecule has 0 amide bonds. The number of hydrogen-bond donors (Lipinski definition) is 1. The van der Waals surface area contributed by atoms with Crippen molar-refractivity contribution in [3.63, 3.8) is 0 Å². The Morgan fingerprint density at radius 1 is 1.00 bits per heavy atom. The summed E-state index contributed by atoms with van der Waals surface area (Å²) in [6.07, 6.45) is 0. The molecule has 2 rings (SSSR count). The Kier molecular flexibility index (Phi) is 5.15. The van der Waals surface area contributed by atoms with E-state index in [1.54, 1.807) is 18.2 Å². The summed E-state index contributed by atoms with van der Waals surface area (Å²) < 4.78 is 10.9. The molecule has 0 bridgehead atoms. The Morgan fingerprint density at radius 3 is 2.55 bits per heavy atom. The maximum Gasteiger partial charge on any atom is 0.335 e. The van der Waals surface area contributed by atoms with E-state index in [0.717, 1.165) is 11.3 Å². The average molecular weight is 272 g/mol. The molecule has 2 aromatic rings. The standard InChI is InChI=1S/C16H16O4/c17-16(18)14-6-4-5-13(11-14)12-19-9-10-20-15-7-2-1-3-8-15/h1-8,11H,9-10,12H2,(H,17,18). The summed E-state index contributed by atoms with van der Waals surface area (Å²) in [4.78, 5) is 10.8. The second-order valence-electron chi connectivity index (χ2n) is 4.22. The maximum atomic E-state index is 10.8. The van der Waals surface area contributed by atoms with Crippen LogP contribution >= 0.6 is 0 Å². The predicted octanol–water partition coefficient (Wildman–Crippen LogP) is 2.98. The molecule has 104 valence electrons. The van der Waals surface area contributed by atoms with E-state index in [9.17, 15) is 4.79 Å². The Morgan fingerprint density at radius 2 is 1.80 bits per heavy atom. The van der Waals surface area contributed by atoms with E-state index >= 15 is 0 Å². The van der Waals surface area contributed by atoms with E-state index in [2.05, 4.69) is 0 Å². The van der Waals surface area contributed by atoms with Crippen molar-refractivity contribution in [1.29, 1.82) is 0 Å². The molecule has 0 spiro atoms. The van der Waals surface area contributed by atoms with Gasteiger partial charge in [0.05, 0.1) is 18.8 Å². The van der Waals surface area contributed by atoms with Gasteiger partial charge in [-0.1, -0.05) is 30.3 Å². The van der Waals surface area contributed by atoms with Gasteiger partial charge in [0.1, 0.15) is 12.4 Å². The zero-order chi connectivity index (χ0) is 14.2. The summed E-state index contributed by atoms with van der Waals surface area (Å²) in [5, 5.41) is 8.88. The van der Waals surface area contributed by atoms with Crippen LogP contribution in [-0.4, -0.2) is 24.3 Å². The van der Waals surface area contributed by atoms with Crippen LogP contribution in [0.5, 0.6) is 5.75 Å². The molecule has 0 unspecified atom stereocenters. The van der Waals surface area contributed by atoms with E-state index in [-0.39, 0.29) is 5.56 Å². The highest BCUT2D eigenvalue weighted by Gasteiger charge is 2.03. The molecule has 1 N–H and O–H groups in total. The molecular weight excluding hydrogens is 256 g/mol. The smallest absolute Gasteiger partial charge is 0.335 e. The summed E-state index contributed by atoms with van der Waals surface area (Å²) in [5.74, 6) is -0.122. The van der Waals surface area contributed by atoms with Crippen molar-refractivity contribution in [3.05, 3.63) is 65.7 Å². The number of para-hydroxylation sites is 1. The maximum absolute atomic E-state index is 10.8. The number of hydrogen-bond acceptors (Lipinski definition) is 3. The van der Waals surface area contributed by atoms with Gasteiger partial charge in [0.25, 0.3) is 0 Å². The van der Waals surface area contributed by atoms with Crippen LogP contribution in [0.3, 0.4) is 0 Å². The second-order valence-corrected chi connectivity index (χ2v) is 4.22. The minimum absolute atomic E-state index is 0.270. The fraction of sp³-hybridized carbons (Fsp3) is 0.188. The van der Waals surface area contributed by atoms with E-state index < -0.39 is 5.97 Å². The molecule has 20 heavy (non-hydrogen) atoms. The highest BCUT2D eigenvalue weighted by molar-refractivity contribution is 5.87. The third-order valence-electron chi connectivity index (χ3n) is 2.68. The molecule has 4 heteroatoms. The van der Waals surface area contributed by atoms with Crippen LogP contribution in [0.4, 0.5) is 0 Å². The Labute approximate surface area is 117 Å². The van der Waals surface area contributed by atoms with Gasteiger partial charge in [-0.15, -0.1) is 0 Å². The predicted molar refractivity (Wildman–Crippen MR) is 75.0 cm³/mol. The summed E-state index contributed by atoms with van der Waals surface area (Å²) in [5.41, 5.74) is 1.11. The molecule has 0 aliphatic carbocycles. The number of rotatable bonds is 7. The lowest BCUT2D eigenvalue weighted by Gasteiger charge is -2.07. The molecule has 4 nitrogen and oxygen atoms in total. The molecule has 0 aliphatic rings. The fourth-order valence-electron chi connectivity index (χ4n) is 1.72. The van der Waals surface area contributed by atoms with Crippen LogP contribution in [-0.2, 0) is 11.3 Å². The first kappa shape index (κ1) is 14.1. The Hall–Kier alpha value is -2.33. The van der Waals surface area contributed by atoms with Crippen LogP contribution in [0.25, 0.3) is 0 Å². The molecule has 0 saturated carbocycles. The summed E-state index contributed by atoms with van der Waals surface area (Å²) in [6.45, 7) is 1.29. The van der Waals surface area contributed by atoms with Crippen molar-refractivity contribution in [2.45, 2.75) is 6.61 Å². The second kappa shape index (κ2) is 7.31. The van der Waals surface area contributed by atoms with Gasteiger partial charge in [-0.3, -0.25) is 0 Å². The van der Waals surface area contributed by atoms with Crippen LogP contribution in [0.15, 0.2) is 54.6 Å². The number of carboxylic acid groups (broad SMARTS) is 1. The van der Waals surface area contributed by atoms with Gasteiger partial charge >= 0.3 is 5.97 Å². The van der Waals surface area contributed by atoms with E-state index in [1.165, 1.54) is 0 Å². The highest BCUT2D eigenvalue weighted by Crippen LogP contribution is 2.09. The van der Waals surface area contributed by atoms with Gasteiger partial charge in [-0.2, -0.15) is 0 Å². The number of carbonyl (C=O) groups is 1. The lowest BCUT2D eigenvalue weighted by Crippen LogP contribution is -2.07. The van der Waals surface area contributed by atoms with Crippen molar-refractivity contribution in [1.82, 2.24) is 0 Å². The zero-order valence-electron chi connectivity index (χ0n) is 11.0. The summed E-state index contributed by atoms with van der Waals surface area (Å²) in [7, 11) is 0. The van der Waals surface area contributed by atoms with Crippen LogP contribution in [0.1, 0.15) is 15.9 Å². The van der Waals surface area contributed by atoms with Crippen molar-refractivity contribution in [2.24, 2.45) is 0 Å². The first-order valence-corrected chi connectivity index (χ1v) is 6.33. The lowest BCUT2D eigenvalue weighted by molar-refractivity contribution is 0.0695. The topological polar surface area (TPSA) is 55.8 Å². The quantitative estimate of drug-likeness (QED) is 0.787. The molecule has 2 aromatic carbocycles. The molecule has 0 aliphatic heterocycles. The van der Waals surface area contributed by atoms with Crippen LogP contribution < -0.4 is 4.74 Å². The van der Waals surface area contributed by atoms with E-state index in [1.807, 2.05) is 36.4 Å². The molecule has 0 heterocycles. The van der Waals surface area contributed by atoms with Gasteiger partial charge in [0.15, 0.2) is 0 Å². The van der Waals surface area contributed by atoms with Crippen molar-refractivity contribution in [2.75, 3.05) is 13.2 Å². The lowest BCUT2D eigenvalue weighted by atomic mass is 10.1. The molecule has 0 atom stereocenters. The minimum Gasteiger partial charge on any atom is -0.491 e. The van der Waals surface area contributed by atoms with E-state index in [4.69, 9.17) is 14.6 Å². The molecule has 0 fully saturated rings. The van der Waals surface area contributed by atoms with Crippen molar-refractivity contribution < 1.29 is 19.4 Å². The number of carboxylic acids is 1. The Bertz CT molecular complexity index is 551. The molecule has 0 saturated heterocycles. The zero-order valence-corrected chi connectivity index (χ0v) is 11.0. The van der Waals surface area contributed by atoms with Gasteiger partial charge in [0.2, 0.25) is 0 Å². The minimum atomic E-state index is -0.931. The number of ether oxygens (including phenoxy) is 2. The molecule has 0 aromatic heterocycles. The first-order valence-electron chi connectivity index (χ1n) is 6.33. The normalized spacial score (nSPS) is 10.2. The van der Waals surface area contributed by atoms with Crippen LogP contribution in [0.2, 0.25) is 0 Å². The van der Waals surface area contributed by atoms with Crippen molar-refractivity contribution in [3.8, 4) is 5.75 Å². The van der Waals surface area contributed by atoms with Gasteiger partial charge in [-0.05, 0) is 29.8 Å². The van der Waals surface area contributed by atoms with Gasteiger partial charge in [-0.25, -0.2) is 4.79 Å². The first-order chi connectivity index (χ1) is 9.75. The SMILES string of the molecule is O=C(O)c1cccc(COCCOc2ccccc2)c1. The van der Waals surface area contributed by atoms with E-state index in [0.29, 0.717) is 19.8 Å². The van der Waals surface area contributed by atoms with Gasteiger partial charge in [0, 0.05) is 0 Å². The third-order valence-corrected chi connectivity index (χ3v) is 2.68. The van der Waals surface area contributed by atoms with Crippen molar-refractivity contribution >= 4 is 5.97 Å². The monoisotopic (exact) mass is 272 g/mol. The molecular formula is C16H16O4. The van der Waals surface area contributed by atoms with Crippen LogP contribution in [0, 0.1) is 0 Å². The largest absolute Gasteiger partial charge is 0.491 e. The number of aromatic carboxylic acids is 1. The fourth-order valence-corrected chi connectivity index (χ4v) is 1.72. The molecule has 0 radical (unpaired) electrons. The summed E-state index contributed by atoms with van der Waals surface area (Å²) >= 11 is 0. The third kappa shape index (κ3) is 4.40. The number of benzene rings is 2.